The van der Waals surface area contributed by atoms with Crippen LogP contribution in [0.2, 0.25) is 0 Å². The highest BCUT2D eigenvalue weighted by molar-refractivity contribution is 5.92. The van der Waals surface area contributed by atoms with Gasteiger partial charge in [-0.2, -0.15) is 0 Å². The zero-order valence-corrected chi connectivity index (χ0v) is 9.43. The summed E-state index contributed by atoms with van der Waals surface area (Å²) >= 11 is 0. The SMILES string of the molecule is O=C(NCc1ccc(F)cc1)c1ccc(O)cn1. The molecule has 0 unspecified atom stereocenters. The minimum atomic E-state index is -0.348. The maximum absolute atomic E-state index is 12.7. The lowest BCUT2D eigenvalue weighted by atomic mass is 10.2. The highest BCUT2D eigenvalue weighted by Crippen LogP contribution is 2.06. The third-order valence-electron chi connectivity index (χ3n) is 2.35. The molecule has 0 spiro atoms. The minimum Gasteiger partial charge on any atom is -0.506 e. The normalized spacial score (nSPS) is 10.1. The monoisotopic (exact) mass is 246 g/mol. The number of rotatable bonds is 3. The number of hydrogen-bond acceptors (Lipinski definition) is 3. The lowest BCUT2D eigenvalue weighted by molar-refractivity contribution is 0.0946. The molecule has 0 saturated carbocycles. The summed E-state index contributed by atoms with van der Waals surface area (Å²) in [6.45, 7) is 0.293. The number of benzene rings is 1. The predicted octanol–water partition coefficient (Wildman–Crippen LogP) is 1.86. The van der Waals surface area contributed by atoms with Crippen molar-refractivity contribution in [3.05, 3.63) is 59.7 Å². The molecule has 5 heteroatoms. The third kappa shape index (κ3) is 3.04. The Morgan fingerprint density at radius 2 is 1.94 bits per heavy atom. The zero-order chi connectivity index (χ0) is 13.0. The minimum absolute atomic E-state index is 0.00471. The summed E-state index contributed by atoms with van der Waals surface area (Å²) in [5, 5.41) is 11.7. The van der Waals surface area contributed by atoms with Gasteiger partial charge in [0.05, 0.1) is 6.20 Å². The molecule has 4 nitrogen and oxygen atoms in total. The standard InChI is InChI=1S/C13H11FN2O2/c14-10-3-1-9(2-4-10)7-16-13(18)12-6-5-11(17)8-15-12/h1-6,8,17H,7H2,(H,16,18). The number of hydrogen-bond donors (Lipinski definition) is 2. The second-order valence-electron chi connectivity index (χ2n) is 3.71. The third-order valence-corrected chi connectivity index (χ3v) is 2.35. The van der Waals surface area contributed by atoms with Gasteiger partial charge in [0, 0.05) is 6.54 Å². The maximum atomic E-state index is 12.7. The number of amides is 1. The highest BCUT2D eigenvalue weighted by Gasteiger charge is 2.06. The molecule has 0 atom stereocenters. The lowest BCUT2D eigenvalue weighted by Gasteiger charge is -2.04. The molecule has 1 heterocycles. The molecular weight excluding hydrogens is 235 g/mol. The van der Waals surface area contributed by atoms with Gasteiger partial charge in [0.15, 0.2) is 0 Å². The van der Waals surface area contributed by atoms with E-state index in [0.29, 0.717) is 6.54 Å². The molecule has 0 aliphatic heterocycles. The Bertz CT molecular complexity index is 538. The van der Waals surface area contributed by atoms with Gasteiger partial charge < -0.3 is 10.4 Å². The molecule has 0 aliphatic rings. The molecule has 1 aromatic heterocycles. The van der Waals surface area contributed by atoms with Crippen LogP contribution in [-0.4, -0.2) is 16.0 Å². The lowest BCUT2D eigenvalue weighted by Crippen LogP contribution is -2.23. The van der Waals surface area contributed by atoms with E-state index in [4.69, 9.17) is 5.11 Å². The second kappa shape index (κ2) is 5.27. The van der Waals surface area contributed by atoms with Crippen LogP contribution in [0.5, 0.6) is 5.75 Å². The van der Waals surface area contributed by atoms with Crippen LogP contribution in [0.3, 0.4) is 0 Å². The first-order valence-corrected chi connectivity index (χ1v) is 5.33. The number of carbonyl (C=O) groups is 1. The topological polar surface area (TPSA) is 62.2 Å². The summed E-state index contributed by atoms with van der Waals surface area (Å²) in [5.74, 6) is -0.658. The van der Waals surface area contributed by atoms with E-state index in [1.54, 1.807) is 12.1 Å². The quantitative estimate of drug-likeness (QED) is 0.868. The highest BCUT2D eigenvalue weighted by atomic mass is 19.1. The Labute approximate surface area is 103 Å². The predicted molar refractivity (Wildman–Crippen MR) is 63.5 cm³/mol. The van der Waals surface area contributed by atoms with Gasteiger partial charge in [-0.15, -0.1) is 0 Å². The van der Waals surface area contributed by atoms with Crippen molar-refractivity contribution in [2.75, 3.05) is 0 Å². The van der Waals surface area contributed by atoms with E-state index in [-0.39, 0.29) is 23.2 Å². The van der Waals surface area contributed by atoms with E-state index in [1.807, 2.05) is 0 Å². The first-order valence-electron chi connectivity index (χ1n) is 5.33. The molecule has 2 rings (SSSR count). The van der Waals surface area contributed by atoms with Crippen LogP contribution >= 0.6 is 0 Å². The van der Waals surface area contributed by atoms with Crippen molar-refractivity contribution in [2.45, 2.75) is 6.54 Å². The number of nitrogens with zero attached hydrogens (tertiary/aromatic N) is 1. The van der Waals surface area contributed by atoms with Crippen molar-refractivity contribution in [1.82, 2.24) is 10.3 Å². The molecule has 1 aromatic carbocycles. The van der Waals surface area contributed by atoms with Crippen molar-refractivity contribution in [2.24, 2.45) is 0 Å². The van der Waals surface area contributed by atoms with E-state index in [0.717, 1.165) is 5.56 Å². The van der Waals surface area contributed by atoms with Crippen LogP contribution in [0, 0.1) is 5.82 Å². The molecule has 1 amide bonds. The molecule has 0 fully saturated rings. The van der Waals surface area contributed by atoms with Crippen LogP contribution in [-0.2, 0) is 6.54 Å². The summed E-state index contributed by atoms with van der Waals surface area (Å²) in [6.07, 6.45) is 1.20. The van der Waals surface area contributed by atoms with Crippen molar-refractivity contribution in [3.63, 3.8) is 0 Å². The van der Waals surface area contributed by atoms with E-state index in [1.165, 1.54) is 30.5 Å². The number of aromatic nitrogens is 1. The summed E-state index contributed by atoms with van der Waals surface area (Å²) in [4.78, 5) is 15.4. The molecule has 0 radical (unpaired) electrons. The Hall–Kier alpha value is -2.43. The van der Waals surface area contributed by atoms with Crippen molar-refractivity contribution in [1.29, 1.82) is 0 Å². The van der Waals surface area contributed by atoms with E-state index in [9.17, 15) is 9.18 Å². The van der Waals surface area contributed by atoms with Gasteiger partial charge in [-0.1, -0.05) is 12.1 Å². The molecular formula is C13H11FN2O2. The number of halogens is 1. The average Bonchev–Trinajstić information content (AvgIpc) is 2.38. The summed E-state index contributed by atoms with van der Waals surface area (Å²) < 4.78 is 12.7. The van der Waals surface area contributed by atoms with Crippen LogP contribution in [0.1, 0.15) is 16.1 Å². The fourth-order valence-corrected chi connectivity index (χ4v) is 1.40. The zero-order valence-electron chi connectivity index (χ0n) is 9.43. The average molecular weight is 246 g/mol. The first-order chi connectivity index (χ1) is 8.65. The van der Waals surface area contributed by atoms with Gasteiger partial charge in [-0.25, -0.2) is 9.37 Å². The molecule has 92 valence electrons. The van der Waals surface area contributed by atoms with Crippen LogP contribution in [0.15, 0.2) is 42.6 Å². The van der Waals surface area contributed by atoms with E-state index < -0.39 is 0 Å². The molecule has 2 aromatic rings. The van der Waals surface area contributed by atoms with Crippen LogP contribution < -0.4 is 5.32 Å². The Morgan fingerprint density at radius 3 is 2.56 bits per heavy atom. The number of nitrogens with one attached hydrogen (secondary N) is 1. The van der Waals surface area contributed by atoms with Gasteiger partial charge in [-0.05, 0) is 29.8 Å². The van der Waals surface area contributed by atoms with E-state index >= 15 is 0 Å². The van der Waals surface area contributed by atoms with Gasteiger partial charge in [0.2, 0.25) is 0 Å². The molecule has 0 aliphatic carbocycles. The number of pyridine rings is 1. The summed E-state index contributed by atoms with van der Waals surface area (Å²) in [7, 11) is 0. The Balaban J connectivity index is 1.96. The maximum Gasteiger partial charge on any atom is 0.270 e. The number of carbonyl (C=O) groups excluding carboxylic acids is 1. The van der Waals surface area contributed by atoms with Crippen LogP contribution in [0.4, 0.5) is 4.39 Å². The fourth-order valence-electron chi connectivity index (χ4n) is 1.40. The van der Waals surface area contributed by atoms with E-state index in [2.05, 4.69) is 10.3 Å². The van der Waals surface area contributed by atoms with Gasteiger partial charge in [0.25, 0.3) is 5.91 Å². The Kier molecular flexibility index (Phi) is 3.52. The summed E-state index contributed by atoms with van der Waals surface area (Å²) in [5.41, 5.74) is 1.01. The summed E-state index contributed by atoms with van der Waals surface area (Å²) in [6, 6.07) is 8.68. The van der Waals surface area contributed by atoms with Crippen LogP contribution in [0.25, 0.3) is 0 Å². The second-order valence-corrected chi connectivity index (χ2v) is 3.71. The largest absolute Gasteiger partial charge is 0.506 e. The molecule has 2 N–H and O–H groups in total. The first kappa shape index (κ1) is 12.0. The smallest absolute Gasteiger partial charge is 0.270 e. The molecule has 0 saturated heterocycles. The van der Waals surface area contributed by atoms with Crippen molar-refractivity contribution in [3.8, 4) is 5.75 Å². The Morgan fingerprint density at radius 1 is 1.22 bits per heavy atom. The fraction of sp³-hybridized carbons (Fsp3) is 0.0769. The van der Waals surface area contributed by atoms with Crippen molar-refractivity contribution >= 4 is 5.91 Å². The number of aromatic hydroxyl groups is 1. The van der Waals surface area contributed by atoms with Gasteiger partial charge >= 0.3 is 0 Å². The van der Waals surface area contributed by atoms with Gasteiger partial charge in [0.1, 0.15) is 17.3 Å². The molecule has 18 heavy (non-hydrogen) atoms. The molecule has 0 bridgehead atoms. The van der Waals surface area contributed by atoms with Crippen molar-refractivity contribution < 1.29 is 14.3 Å². The van der Waals surface area contributed by atoms with Gasteiger partial charge in [-0.3, -0.25) is 4.79 Å².